The molecular formula is C24H26N4O2S. The van der Waals surface area contributed by atoms with Gasteiger partial charge in [0.05, 0.1) is 21.8 Å². The van der Waals surface area contributed by atoms with Crippen LogP contribution in [-0.4, -0.2) is 47.9 Å². The molecule has 2 amide bonds. The number of likely N-dealkylation sites (tertiary alicyclic amines) is 1. The van der Waals surface area contributed by atoms with E-state index in [1.807, 2.05) is 35.2 Å². The molecule has 0 bridgehead atoms. The second kappa shape index (κ2) is 8.77. The van der Waals surface area contributed by atoms with Gasteiger partial charge in [-0.3, -0.25) is 14.5 Å². The van der Waals surface area contributed by atoms with E-state index in [9.17, 15) is 9.59 Å². The van der Waals surface area contributed by atoms with Crippen LogP contribution in [-0.2, 0) is 9.59 Å². The third kappa shape index (κ3) is 4.48. The Balaban J connectivity index is 1.18. The maximum atomic E-state index is 12.6. The highest BCUT2D eigenvalue weighted by Crippen LogP contribution is 2.33. The molecule has 0 saturated carbocycles. The molecule has 0 spiro atoms. The highest BCUT2D eigenvalue weighted by molar-refractivity contribution is 7.18. The van der Waals surface area contributed by atoms with Crippen molar-refractivity contribution in [3.63, 3.8) is 0 Å². The quantitative estimate of drug-likeness (QED) is 0.652. The molecule has 2 fully saturated rings. The molecule has 1 atom stereocenters. The zero-order chi connectivity index (χ0) is 21.2. The van der Waals surface area contributed by atoms with Crippen molar-refractivity contribution in [2.24, 2.45) is 0 Å². The predicted octanol–water partition coefficient (Wildman–Crippen LogP) is 4.24. The van der Waals surface area contributed by atoms with Crippen molar-refractivity contribution < 1.29 is 9.59 Å². The van der Waals surface area contributed by atoms with Crippen molar-refractivity contribution in [1.29, 1.82) is 0 Å². The Hall–Kier alpha value is -2.77. The van der Waals surface area contributed by atoms with Gasteiger partial charge in [-0.2, -0.15) is 0 Å². The number of nitrogens with one attached hydrogen (secondary N) is 1. The summed E-state index contributed by atoms with van der Waals surface area (Å²) in [5, 5.41) is 4.18. The first-order chi connectivity index (χ1) is 15.2. The molecule has 0 aliphatic carbocycles. The van der Waals surface area contributed by atoms with Crippen LogP contribution in [0.3, 0.4) is 0 Å². The van der Waals surface area contributed by atoms with Crippen molar-refractivity contribution >= 4 is 44.7 Å². The molecule has 5 rings (SSSR count). The molecule has 3 aromatic rings. The first kappa shape index (κ1) is 20.2. The lowest BCUT2D eigenvalue weighted by Gasteiger charge is -2.31. The molecular weight excluding hydrogens is 408 g/mol. The van der Waals surface area contributed by atoms with Crippen LogP contribution in [0.4, 0.5) is 11.4 Å². The van der Waals surface area contributed by atoms with Gasteiger partial charge in [0.2, 0.25) is 11.8 Å². The van der Waals surface area contributed by atoms with Crippen molar-refractivity contribution in [2.75, 3.05) is 36.4 Å². The van der Waals surface area contributed by atoms with Crippen LogP contribution in [0.15, 0.2) is 48.5 Å². The molecule has 0 radical (unpaired) electrons. The van der Waals surface area contributed by atoms with Gasteiger partial charge >= 0.3 is 0 Å². The van der Waals surface area contributed by atoms with Crippen LogP contribution in [0.2, 0.25) is 0 Å². The lowest BCUT2D eigenvalue weighted by atomic mass is 9.99. The van der Waals surface area contributed by atoms with Crippen LogP contribution in [0.25, 0.3) is 10.2 Å². The van der Waals surface area contributed by atoms with E-state index >= 15 is 0 Å². The molecule has 6 nitrogen and oxygen atoms in total. The second-order valence-electron chi connectivity index (χ2n) is 8.34. The summed E-state index contributed by atoms with van der Waals surface area (Å²) in [6, 6.07) is 15.8. The monoisotopic (exact) mass is 434 g/mol. The molecule has 2 aliphatic rings. The fraction of sp³-hybridized carbons (Fsp3) is 0.375. The fourth-order valence-corrected chi connectivity index (χ4v) is 5.61. The highest BCUT2D eigenvalue weighted by atomic mass is 32.1. The molecule has 7 heteroatoms. The average molecular weight is 435 g/mol. The molecule has 2 aromatic carbocycles. The van der Waals surface area contributed by atoms with E-state index in [0.717, 1.165) is 55.8 Å². The summed E-state index contributed by atoms with van der Waals surface area (Å²) < 4.78 is 1.23. The first-order valence-electron chi connectivity index (χ1n) is 10.9. The van der Waals surface area contributed by atoms with E-state index in [1.54, 1.807) is 11.3 Å². The van der Waals surface area contributed by atoms with E-state index < -0.39 is 0 Å². The van der Waals surface area contributed by atoms with Gasteiger partial charge in [0, 0.05) is 36.8 Å². The molecule has 31 heavy (non-hydrogen) atoms. The van der Waals surface area contributed by atoms with Crippen LogP contribution < -0.4 is 10.2 Å². The Bertz CT molecular complexity index is 1060. The maximum Gasteiger partial charge on any atom is 0.238 e. The molecule has 2 aliphatic heterocycles. The smallest absolute Gasteiger partial charge is 0.238 e. The van der Waals surface area contributed by atoms with Crippen molar-refractivity contribution in [2.45, 2.75) is 31.6 Å². The summed E-state index contributed by atoms with van der Waals surface area (Å²) in [4.78, 5) is 33.4. The minimum Gasteiger partial charge on any atom is -0.325 e. The minimum atomic E-state index is -0.00468. The minimum absolute atomic E-state index is 0.00468. The Morgan fingerprint density at radius 1 is 1.10 bits per heavy atom. The van der Waals surface area contributed by atoms with Gasteiger partial charge in [0.25, 0.3) is 0 Å². The summed E-state index contributed by atoms with van der Waals surface area (Å²) in [5.41, 5.74) is 2.73. The van der Waals surface area contributed by atoms with Crippen LogP contribution in [0.1, 0.15) is 36.6 Å². The predicted molar refractivity (Wildman–Crippen MR) is 125 cm³/mol. The molecule has 1 aromatic heterocycles. The molecule has 1 N–H and O–H groups in total. The van der Waals surface area contributed by atoms with E-state index in [4.69, 9.17) is 4.98 Å². The Morgan fingerprint density at radius 3 is 2.71 bits per heavy atom. The average Bonchev–Trinajstić information content (AvgIpc) is 3.40. The SMILES string of the molecule is O=C(CN1CCCC(c2nc3ccccc3s2)C1)Nc1ccc(N2CCCC2=O)cc1. The zero-order valence-electron chi connectivity index (χ0n) is 17.4. The summed E-state index contributed by atoms with van der Waals surface area (Å²) in [7, 11) is 0. The lowest BCUT2D eigenvalue weighted by Crippen LogP contribution is -2.39. The highest BCUT2D eigenvalue weighted by Gasteiger charge is 2.25. The summed E-state index contributed by atoms with van der Waals surface area (Å²) in [6.07, 6.45) is 3.72. The lowest BCUT2D eigenvalue weighted by molar-refractivity contribution is -0.118. The number of para-hydroxylation sites is 1. The summed E-state index contributed by atoms with van der Waals surface area (Å²) in [5.74, 6) is 0.552. The second-order valence-corrected chi connectivity index (χ2v) is 9.40. The Kier molecular flexibility index (Phi) is 5.70. The first-order valence-corrected chi connectivity index (χ1v) is 11.8. The van der Waals surface area contributed by atoms with Crippen molar-refractivity contribution in [3.05, 3.63) is 53.5 Å². The topological polar surface area (TPSA) is 65.5 Å². The molecule has 3 heterocycles. The van der Waals surface area contributed by atoms with Gasteiger partial charge in [0.1, 0.15) is 0 Å². The van der Waals surface area contributed by atoms with Gasteiger partial charge in [-0.25, -0.2) is 4.98 Å². The van der Waals surface area contributed by atoms with E-state index in [-0.39, 0.29) is 11.8 Å². The number of anilines is 2. The molecule has 1 unspecified atom stereocenters. The number of hydrogen-bond donors (Lipinski definition) is 1. The summed E-state index contributed by atoms with van der Waals surface area (Å²) >= 11 is 1.77. The normalized spacial score (nSPS) is 19.8. The van der Waals surface area contributed by atoms with Crippen molar-refractivity contribution in [1.82, 2.24) is 9.88 Å². The number of amides is 2. The number of aromatic nitrogens is 1. The summed E-state index contributed by atoms with van der Waals surface area (Å²) in [6.45, 7) is 2.96. The third-order valence-electron chi connectivity index (χ3n) is 6.07. The Labute approximate surface area is 185 Å². The van der Waals surface area contributed by atoms with E-state index in [0.29, 0.717) is 18.9 Å². The molecule has 160 valence electrons. The number of thiazole rings is 1. The fourth-order valence-electron chi connectivity index (χ4n) is 4.51. The van der Waals surface area contributed by atoms with E-state index in [1.165, 1.54) is 9.71 Å². The number of piperidine rings is 1. The van der Waals surface area contributed by atoms with E-state index in [2.05, 4.69) is 28.4 Å². The van der Waals surface area contributed by atoms with Gasteiger partial charge in [0.15, 0.2) is 0 Å². The van der Waals surface area contributed by atoms with Crippen LogP contribution in [0.5, 0.6) is 0 Å². The number of benzene rings is 2. The number of fused-ring (bicyclic) bond motifs is 1. The number of rotatable bonds is 5. The van der Waals surface area contributed by atoms with Crippen LogP contribution in [0, 0.1) is 0 Å². The van der Waals surface area contributed by atoms with Gasteiger partial charge in [-0.05, 0) is 62.2 Å². The number of hydrogen-bond acceptors (Lipinski definition) is 5. The Morgan fingerprint density at radius 2 is 1.94 bits per heavy atom. The number of carbonyl (C=O) groups is 2. The van der Waals surface area contributed by atoms with Crippen LogP contribution >= 0.6 is 11.3 Å². The number of carbonyl (C=O) groups excluding carboxylic acids is 2. The standard InChI is InChI=1S/C24H26N4O2S/c29-22(25-18-9-11-19(12-10-18)28-14-4-8-23(28)30)16-27-13-3-5-17(15-27)24-26-20-6-1-2-7-21(20)31-24/h1-2,6-7,9-12,17H,3-5,8,13-16H2,(H,25,29). The van der Waals surface area contributed by atoms with Gasteiger partial charge in [-0.15, -0.1) is 11.3 Å². The number of nitrogens with zero attached hydrogens (tertiary/aromatic N) is 3. The van der Waals surface area contributed by atoms with Crippen molar-refractivity contribution in [3.8, 4) is 0 Å². The van der Waals surface area contributed by atoms with Gasteiger partial charge < -0.3 is 10.2 Å². The largest absolute Gasteiger partial charge is 0.325 e. The third-order valence-corrected chi connectivity index (χ3v) is 7.27. The van der Waals surface area contributed by atoms with Gasteiger partial charge in [-0.1, -0.05) is 12.1 Å². The maximum absolute atomic E-state index is 12.6. The zero-order valence-corrected chi connectivity index (χ0v) is 18.2. The molecule has 2 saturated heterocycles.